The van der Waals surface area contributed by atoms with Gasteiger partial charge in [0.2, 0.25) is 0 Å². The van der Waals surface area contributed by atoms with Gasteiger partial charge in [0.1, 0.15) is 0 Å². The summed E-state index contributed by atoms with van der Waals surface area (Å²) in [7, 11) is 1.89. The van der Waals surface area contributed by atoms with Crippen LogP contribution in [-0.4, -0.2) is 12.0 Å². The molecule has 1 rings (SSSR count). The Labute approximate surface area is 74.8 Å². The highest BCUT2D eigenvalue weighted by molar-refractivity contribution is 5.75. The number of aromatic nitrogens is 1. The number of hydrogen-bond acceptors (Lipinski definition) is 2. The molecule has 66 valence electrons. The van der Waals surface area contributed by atoms with Gasteiger partial charge in [0.25, 0.3) is 0 Å². The molecule has 0 saturated heterocycles. The lowest BCUT2D eigenvalue weighted by molar-refractivity contribution is 1.24. The molecule has 0 aromatic carbocycles. The van der Waals surface area contributed by atoms with Gasteiger partial charge in [-0.15, -0.1) is 0 Å². The van der Waals surface area contributed by atoms with Crippen molar-refractivity contribution in [2.75, 3.05) is 12.4 Å². The summed E-state index contributed by atoms with van der Waals surface area (Å²) in [5.41, 5.74) is 4.45. The Hall–Kier alpha value is -1.31. The van der Waals surface area contributed by atoms with E-state index in [0.29, 0.717) is 0 Å². The van der Waals surface area contributed by atoms with E-state index in [9.17, 15) is 0 Å². The van der Waals surface area contributed by atoms with Crippen molar-refractivity contribution in [3.63, 3.8) is 0 Å². The minimum Gasteiger partial charge on any atom is -0.386 e. The molecule has 1 aromatic heterocycles. The average molecular weight is 164 g/mol. The van der Waals surface area contributed by atoms with Crippen molar-refractivity contribution in [1.82, 2.24) is 4.98 Å². The third kappa shape index (κ3) is 1.47. The fraction of sp³-hybridized carbons (Fsp3) is 0.300. The fourth-order valence-corrected chi connectivity index (χ4v) is 1.32. The van der Waals surface area contributed by atoms with Gasteiger partial charge >= 0.3 is 0 Å². The molecule has 0 bridgehead atoms. The van der Waals surface area contributed by atoms with Gasteiger partial charge < -0.3 is 5.32 Å². The van der Waals surface area contributed by atoms with Crippen molar-refractivity contribution >= 4 is 11.3 Å². The van der Waals surface area contributed by atoms with Crippen LogP contribution >= 0.6 is 0 Å². The minimum absolute atomic E-state index is 0. The monoisotopic (exact) mass is 164 g/mol. The lowest BCUT2D eigenvalue weighted by Gasteiger charge is -2.10. The Kier molecular flexibility index (Phi) is 2.48. The molecule has 0 aliphatic rings. The van der Waals surface area contributed by atoms with Crippen molar-refractivity contribution in [1.29, 1.82) is 0 Å². The minimum atomic E-state index is 0. The Morgan fingerprint density at radius 1 is 1.58 bits per heavy atom. The molecule has 12 heavy (non-hydrogen) atoms. The molecular formula is C10H16N2. The van der Waals surface area contributed by atoms with E-state index in [1.165, 1.54) is 5.56 Å². The number of anilines is 1. The highest BCUT2D eigenvalue weighted by Crippen LogP contribution is 2.23. The Bertz CT molecular complexity index is 308. The second-order valence-corrected chi connectivity index (χ2v) is 2.91. The SMILES string of the molecule is C=C(C)c1c(C)cncc1NC.[HH]. The van der Waals surface area contributed by atoms with Crippen LogP contribution in [-0.2, 0) is 0 Å². The van der Waals surface area contributed by atoms with E-state index in [4.69, 9.17) is 0 Å². The van der Waals surface area contributed by atoms with Crippen LogP contribution in [0.15, 0.2) is 19.0 Å². The normalized spacial score (nSPS) is 9.58. The molecule has 0 fully saturated rings. The molecule has 0 amide bonds. The molecule has 0 aliphatic carbocycles. The maximum absolute atomic E-state index is 4.09. The first-order chi connectivity index (χ1) is 5.66. The van der Waals surface area contributed by atoms with Crippen LogP contribution in [0.3, 0.4) is 0 Å². The fourth-order valence-electron chi connectivity index (χ4n) is 1.32. The standard InChI is InChI=1S/C10H14N2.H2/c1-7(2)10-8(3)5-12-6-9(10)11-4;/h5-6,11H,1H2,2-4H3;1H. The van der Waals surface area contributed by atoms with Gasteiger partial charge in [-0.3, -0.25) is 4.98 Å². The Morgan fingerprint density at radius 2 is 2.25 bits per heavy atom. The summed E-state index contributed by atoms with van der Waals surface area (Å²) >= 11 is 0. The number of nitrogens with zero attached hydrogens (tertiary/aromatic N) is 1. The quantitative estimate of drug-likeness (QED) is 0.727. The first-order valence-corrected chi connectivity index (χ1v) is 3.95. The lowest BCUT2D eigenvalue weighted by atomic mass is 10.0. The number of pyridine rings is 1. The van der Waals surface area contributed by atoms with Crippen molar-refractivity contribution in [2.24, 2.45) is 0 Å². The van der Waals surface area contributed by atoms with Crippen molar-refractivity contribution < 1.29 is 1.43 Å². The average Bonchev–Trinajstić information content (AvgIpc) is 2.03. The third-order valence-electron chi connectivity index (χ3n) is 1.83. The van der Waals surface area contributed by atoms with Crippen LogP contribution in [0.5, 0.6) is 0 Å². The molecule has 0 radical (unpaired) electrons. The van der Waals surface area contributed by atoms with Gasteiger partial charge in [0, 0.05) is 20.2 Å². The second-order valence-electron chi connectivity index (χ2n) is 2.91. The van der Waals surface area contributed by atoms with Crippen LogP contribution < -0.4 is 5.32 Å². The van der Waals surface area contributed by atoms with Crippen LogP contribution in [0.25, 0.3) is 5.57 Å². The Balaban J connectivity index is 0.00000144. The van der Waals surface area contributed by atoms with Gasteiger partial charge in [-0.1, -0.05) is 6.58 Å². The molecule has 0 spiro atoms. The number of aryl methyl sites for hydroxylation is 1. The van der Waals surface area contributed by atoms with Crippen LogP contribution in [0.1, 0.15) is 19.5 Å². The van der Waals surface area contributed by atoms with Crippen LogP contribution in [0.2, 0.25) is 0 Å². The molecule has 0 saturated carbocycles. The molecule has 2 nitrogen and oxygen atoms in total. The molecule has 1 N–H and O–H groups in total. The summed E-state index contributed by atoms with van der Waals surface area (Å²) in [5, 5.41) is 3.09. The zero-order valence-corrected chi connectivity index (χ0v) is 7.81. The van der Waals surface area contributed by atoms with Gasteiger partial charge in [0.05, 0.1) is 11.9 Å². The lowest BCUT2D eigenvalue weighted by Crippen LogP contribution is -1.97. The zero-order valence-electron chi connectivity index (χ0n) is 7.81. The number of rotatable bonds is 2. The number of hydrogen-bond donors (Lipinski definition) is 1. The van der Waals surface area contributed by atoms with Crippen LogP contribution in [0, 0.1) is 6.92 Å². The summed E-state index contributed by atoms with van der Waals surface area (Å²) in [5.74, 6) is 0. The van der Waals surface area contributed by atoms with E-state index in [1.807, 2.05) is 33.3 Å². The summed E-state index contributed by atoms with van der Waals surface area (Å²) in [6, 6.07) is 0. The van der Waals surface area contributed by atoms with Crippen LogP contribution in [0.4, 0.5) is 5.69 Å². The van der Waals surface area contributed by atoms with Crippen molar-refractivity contribution in [3.05, 3.63) is 30.1 Å². The summed E-state index contributed by atoms with van der Waals surface area (Å²) in [4.78, 5) is 4.09. The van der Waals surface area contributed by atoms with Gasteiger partial charge in [-0.2, -0.15) is 0 Å². The van der Waals surface area contributed by atoms with E-state index >= 15 is 0 Å². The summed E-state index contributed by atoms with van der Waals surface area (Å²) in [6.45, 7) is 7.97. The van der Waals surface area contributed by atoms with E-state index in [2.05, 4.69) is 16.9 Å². The molecule has 0 aliphatic heterocycles. The molecule has 1 aromatic rings. The Morgan fingerprint density at radius 3 is 2.67 bits per heavy atom. The van der Waals surface area contributed by atoms with E-state index in [-0.39, 0.29) is 1.43 Å². The molecule has 1 heterocycles. The number of allylic oxidation sites excluding steroid dienone is 1. The maximum atomic E-state index is 4.09. The summed E-state index contributed by atoms with van der Waals surface area (Å²) in [6.07, 6.45) is 3.67. The first-order valence-electron chi connectivity index (χ1n) is 3.95. The zero-order chi connectivity index (χ0) is 9.14. The third-order valence-corrected chi connectivity index (χ3v) is 1.83. The van der Waals surface area contributed by atoms with Crippen molar-refractivity contribution in [2.45, 2.75) is 13.8 Å². The van der Waals surface area contributed by atoms with Gasteiger partial charge in [0.15, 0.2) is 0 Å². The first kappa shape index (κ1) is 8.78. The largest absolute Gasteiger partial charge is 0.386 e. The maximum Gasteiger partial charge on any atom is 0.0602 e. The van der Waals surface area contributed by atoms with E-state index in [1.54, 1.807) is 0 Å². The highest BCUT2D eigenvalue weighted by Gasteiger charge is 2.04. The van der Waals surface area contributed by atoms with Gasteiger partial charge in [-0.25, -0.2) is 0 Å². The number of nitrogens with one attached hydrogen (secondary N) is 1. The molecule has 2 heteroatoms. The smallest absolute Gasteiger partial charge is 0.0602 e. The van der Waals surface area contributed by atoms with E-state index in [0.717, 1.165) is 16.8 Å². The predicted octanol–water partition coefficient (Wildman–Crippen LogP) is 2.71. The predicted molar refractivity (Wildman–Crippen MR) is 55.3 cm³/mol. The van der Waals surface area contributed by atoms with Crippen molar-refractivity contribution in [3.8, 4) is 0 Å². The summed E-state index contributed by atoms with van der Waals surface area (Å²) < 4.78 is 0. The molecular weight excluding hydrogens is 148 g/mol. The highest BCUT2D eigenvalue weighted by atomic mass is 14.8. The van der Waals surface area contributed by atoms with Gasteiger partial charge in [-0.05, 0) is 25.0 Å². The second kappa shape index (κ2) is 3.39. The topological polar surface area (TPSA) is 24.9 Å². The molecule has 0 atom stereocenters. The molecule has 0 unspecified atom stereocenters. The van der Waals surface area contributed by atoms with E-state index < -0.39 is 0 Å².